The predicted octanol–water partition coefficient (Wildman–Crippen LogP) is 0.857. The van der Waals surface area contributed by atoms with Crippen LogP contribution in [-0.2, 0) is 4.79 Å². The molecule has 0 spiro atoms. The van der Waals surface area contributed by atoms with Gasteiger partial charge in [0, 0.05) is 5.41 Å². The van der Waals surface area contributed by atoms with Crippen LogP contribution in [0.4, 0.5) is 4.39 Å². The number of primary amides is 1. The van der Waals surface area contributed by atoms with Gasteiger partial charge in [-0.25, -0.2) is 0 Å². The van der Waals surface area contributed by atoms with Gasteiger partial charge in [-0.1, -0.05) is 13.8 Å². The molecular formula is C6H12FNO. The van der Waals surface area contributed by atoms with E-state index in [2.05, 4.69) is 0 Å². The molecule has 0 unspecified atom stereocenters. The lowest BCUT2D eigenvalue weighted by Crippen LogP contribution is -2.31. The molecule has 0 aromatic carbocycles. The van der Waals surface area contributed by atoms with Gasteiger partial charge in [0.2, 0.25) is 5.91 Å². The summed E-state index contributed by atoms with van der Waals surface area (Å²) >= 11 is 0. The van der Waals surface area contributed by atoms with E-state index >= 15 is 0 Å². The monoisotopic (exact) mass is 133 g/mol. The Balaban J connectivity index is 3.85. The second kappa shape index (κ2) is 2.80. The highest BCUT2D eigenvalue weighted by atomic mass is 19.1. The van der Waals surface area contributed by atoms with Crippen molar-refractivity contribution in [1.29, 1.82) is 0 Å². The smallest absolute Gasteiger partial charge is 0.223 e. The molecule has 0 saturated heterocycles. The van der Waals surface area contributed by atoms with E-state index in [0.29, 0.717) is 0 Å². The highest BCUT2D eigenvalue weighted by molar-refractivity contribution is 5.79. The van der Waals surface area contributed by atoms with Gasteiger partial charge in [-0.3, -0.25) is 9.18 Å². The summed E-state index contributed by atoms with van der Waals surface area (Å²) in [6.45, 7) is 2.78. The zero-order chi connectivity index (χ0) is 7.49. The van der Waals surface area contributed by atoms with Gasteiger partial charge in [0.25, 0.3) is 0 Å². The van der Waals surface area contributed by atoms with E-state index in [1.807, 2.05) is 0 Å². The molecule has 0 aromatic heterocycles. The molecule has 0 heterocycles. The number of amides is 1. The number of alkyl halides is 1. The number of nitrogens with two attached hydrogens (primary N) is 1. The van der Waals surface area contributed by atoms with Crippen LogP contribution in [0.25, 0.3) is 0 Å². The second-order valence-corrected chi connectivity index (χ2v) is 2.69. The molecule has 0 aliphatic rings. The third kappa shape index (κ3) is 2.44. The first-order chi connectivity index (χ1) is 4.00. The predicted molar refractivity (Wildman–Crippen MR) is 33.6 cm³/mol. The topological polar surface area (TPSA) is 43.1 Å². The van der Waals surface area contributed by atoms with Crippen LogP contribution in [0, 0.1) is 5.41 Å². The summed E-state index contributed by atoms with van der Waals surface area (Å²) in [5.74, 6) is -0.444. The van der Waals surface area contributed by atoms with Crippen LogP contribution in [0.5, 0.6) is 0 Å². The number of rotatable bonds is 3. The van der Waals surface area contributed by atoms with E-state index < -0.39 is 18.0 Å². The molecule has 2 N–H and O–H groups in total. The average Bonchev–Trinajstić information content (AvgIpc) is 1.65. The molecule has 9 heavy (non-hydrogen) atoms. The quantitative estimate of drug-likeness (QED) is 0.609. The van der Waals surface area contributed by atoms with Crippen molar-refractivity contribution >= 4 is 5.91 Å². The molecule has 3 heteroatoms. The van der Waals surface area contributed by atoms with Crippen molar-refractivity contribution in [2.24, 2.45) is 11.1 Å². The Morgan fingerprint density at radius 3 is 2.22 bits per heavy atom. The zero-order valence-electron chi connectivity index (χ0n) is 5.78. The molecule has 2 nitrogen and oxygen atoms in total. The van der Waals surface area contributed by atoms with Crippen molar-refractivity contribution in [3.63, 3.8) is 0 Å². The maximum atomic E-state index is 11.6. The SMILES string of the molecule is CC(C)(CCF)C(N)=O. The molecule has 0 saturated carbocycles. The van der Waals surface area contributed by atoms with Crippen LogP contribution in [0.3, 0.4) is 0 Å². The van der Waals surface area contributed by atoms with E-state index in [0.717, 1.165) is 0 Å². The Labute approximate surface area is 54.2 Å². The molecule has 0 fully saturated rings. The lowest BCUT2D eigenvalue weighted by atomic mass is 9.89. The fourth-order valence-corrected chi connectivity index (χ4v) is 0.359. The van der Waals surface area contributed by atoms with Gasteiger partial charge in [-0.15, -0.1) is 0 Å². The maximum Gasteiger partial charge on any atom is 0.223 e. The van der Waals surface area contributed by atoms with Gasteiger partial charge in [0.1, 0.15) is 0 Å². The van der Waals surface area contributed by atoms with Gasteiger partial charge in [-0.2, -0.15) is 0 Å². The molecule has 0 atom stereocenters. The Bertz CT molecular complexity index is 112. The first-order valence-corrected chi connectivity index (χ1v) is 2.86. The minimum Gasteiger partial charge on any atom is -0.369 e. The molecule has 54 valence electrons. The van der Waals surface area contributed by atoms with Gasteiger partial charge in [0.15, 0.2) is 0 Å². The Morgan fingerprint density at radius 1 is 1.67 bits per heavy atom. The van der Waals surface area contributed by atoms with Gasteiger partial charge in [-0.05, 0) is 6.42 Å². The van der Waals surface area contributed by atoms with Crippen LogP contribution in [0.2, 0.25) is 0 Å². The van der Waals surface area contributed by atoms with Gasteiger partial charge >= 0.3 is 0 Å². The average molecular weight is 133 g/mol. The maximum absolute atomic E-state index is 11.6. The number of hydrogen-bond acceptors (Lipinski definition) is 1. The Hall–Kier alpha value is -0.600. The van der Waals surface area contributed by atoms with Crippen LogP contribution in [-0.4, -0.2) is 12.6 Å². The van der Waals surface area contributed by atoms with Crippen molar-refractivity contribution in [3.8, 4) is 0 Å². The molecule has 0 aliphatic carbocycles. The van der Waals surface area contributed by atoms with Crippen molar-refractivity contribution in [3.05, 3.63) is 0 Å². The summed E-state index contributed by atoms with van der Waals surface area (Å²) in [6, 6.07) is 0. The normalized spacial score (nSPS) is 11.4. The number of carbonyl (C=O) groups is 1. The van der Waals surface area contributed by atoms with E-state index in [1.165, 1.54) is 0 Å². The van der Waals surface area contributed by atoms with E-state index in [1.54, 1.807) is 13.8 Å². The Kier molecular flexibility index (Phi) is 2.62. The third-order valence-corrected chi connectivity index (χ3v) is 1.39. The standard InChI is InChI=1S/C6H12FNO/c1-6(2,3-4-7)5(8)9/h3-4H2,1-2H3,(H2,8,9). The highest BCUT2D eigenvalue weighted by Gasteiger charge is 2.23. The van der Waals surface area contributed by atoms with E-state index in [9.17, 15) is 9.18 Å². The molecule has 1 amide bonds. The molecule has 0 radical (unpaired) electrons. The lowest BCUT2D eigenvalue weighted by molar-refractivity contribution is -0.126. The first kappa shape index (κ1) is 8.40. The fourth-order valence-electron chi connectivity index (χ4n) is 0.359. The van der Waals surface area contributed by atoms with Crippen LogP contribution >= 0.6 is 0 Å². The summed E-state index contributed by atoms with van der Waals surface area (Å²) in [5.41, 5.74) is 4.26. The lowest BCUT2D eigenvalue weighted by Gasteiger charge is -2.17. The van der Waals surface area contributed by atoms with E-state index in [4.69, 9.17) is 5.73 Å². The van der Waals surface area contributed by atoms with Gasteiger partial charge < -0.3 is 5.73 Å². The molecule has 0 rings (SSSR count). The van der Waals surface area contributed by atoms with Gasteiger partial charge in [0.05, 0.1) is 6.67 Å². The summed E-state index contributed by atoms with van der Waals surface area (Å²) in [5, 5.41) is 0. The number of carbonyl (C=O) groups excluding carboxylic acids is 1. The molecule has 0 bridgehead atoms. The summed E-state index contributed by atoms with van der Waals surface area (Å²) < 4.78 is 11.6. The minimum atomic E-state index is -0.686. The first-order valence-electron chi connectivity index (χ1n) is 2.86. The summed E-state index contributed by atoms with van der Waals surface area (Å²) in [7, 11) is 0. The van der Waals surface area contributed by atoms with Crippen molar-refractivity contribution < 1.29 is 9.18 Å². The van der Waals surface area contributed by atoms with Crippen molar-refractivity contribution in [2.75, 3.05) is 6.67 Å². The molecule has 0 aliphatic heterocycles. The third-order valence-electron chi connectivity index (χ3n) is 1.39. The van der Waals surface area contributed by atoms with E-state index in [-0.39, 0.29) is 6.42 Å². The largest absolute Gasteiger partial charge is 0.369 e. The van der Waals surface area contributed by atoms with Crippen LogP contribution < -0.4 is 5.73 Å². The molecular weight excluding hydrogens is 121 g/mol. The molecule has 0 aromatic rings. The van der Waals surface area contributed by atoms with Crippen LogP contribution in [0.1, 0.15) is 20.3 Å². The Morgan fingerprint density at radius 2 is 2.11 bits per heavy atom. The van der Waals surface area contributed by atoms with Crippen molar-refractivity contribution in [1.82, 2.24) is 0 Å². The summed E-state index contributed by atoms with van der Waals surface area (Å²) in [4.78, 5) is 10.5. The number of halogens is 1. The minimum absolute atomic E-state index is 0.211. The fraction of sp³-hybridized carbons (Fsp3) is 0.833. The number of hydrogen-bond donors (Lipinski definition) is 1. The highest BCUT2D eigenvalue weighted by Crippen LogP contribution is 2.18. The zero-order valence-corrected chi connectivity index (χ0v) is 5.78. The van der Waals surface area contributed by atoms with Crippen LogP contribution in [0.15, 0.2) is 0 Å². The summed E-state index contributed by atoms with van der Waals surface area (Å²) in [6.07, 6.45) is 0.211. The van der Waals surface area contributed by atoms with Crippen molar-refractivity contribution in [2.45, 2.75) is 20.3 Å². The second-order valence-electron chi connectivity index (χ2n) is 2.69.